The summed E-state index contributed by atoms with van der Waals surface area (Å²) in [5.74, 6) is 0.493. The van der Waals surface area contributed by atoms with Crippen molar-refractivity contribution in [1.29, 1.82) is 0 Å². The molecule has 2 fully saturated rings. The van der Waals surface area contributed by atoms with Crippen LogP contribution < -0.4 is 11.1 Å². The van der Waals surface area contributed by atoms with E-state index in [-0.39, 0.29) is 11.0 Å². The van der Waals surface area contributed by atoms with Crippen LogP contribution in [0.2, 0.25) is 0 Å². The van der Waals surface area contributed by atoms with E-state index in [1.54, 1.807) is 0 Å². The highest BCUT2D eigenvalue weighted by Crippen LogP contribution is 2.57. The quantitative estimate of drug-likeness (QED) is 0.878. The van der Waals surface area contributed by atoms with Crippen molar-refractivity contribution >= 4 is 5.69 Å². The summed E-state index contributed by atoms with van der Waals surface area (Å²) in [6.07, 6.45) is 2.67. The summed E-state index contributed by atoms with van der Waals surface area (Å²) in [5, 5.41) is 3.50. The Morgan fingerprint density at radius 2 is 2.05 bits per heavy atom. The normalized spacial score (nSPS) is 36.2. The first-order valence-corrected chi connectivity index (χ1v) is 7.25. The molecule has 3 N–H and O–H groups in total. The zero-order valence-electron chi connectivity index (χ0n) is 11.9. The number of ether oxygens (including phenoxy) is 1. The van der Waals surface area contributed by atoms with Gasteiger partial charge in [0.05, 0.1) is 6.10 Å². The van der Waals surface area contributed by atoms with Gasteiger partial charge in [0, 0.05) is 35.7 Å². The molecule has 104 valence electrons. The van der Waals surface area contributed by atoms with Crippen LogP contribution >= 0.6 is 0 Å². The third-order valence-electron chi connectivity index (χ3n) is 5.25. The number of para-hydroxylation sites is 1. The van der Waals surface area contributed by atoms with Gasteiger partial charge in [-0.05, 0) is 25.0 Å². The molecule has 0 bridgehead atoms. The Kier molecular flexibility index (Phi) is 3.06. The molecule has 3 heteroatoms. The molecule has 3 nitrogen and oxygen atoms in total. The van der Waals surface area contributed by atoms with Gasteiger partial charge in [-0.3, -0.25) is 0 Å². The van der Waals surface area contributed by atoms with E-state index in [1.165, 1.54) is 6.42 Å². The second-order valence-electron chi connectivity index (χ2n) is 6.52. The summed E-state index contributed by atoms with van der Waals surface area (Å²) in [5.41, 5.74) is 7.75. The van der Waals surface area contributed by atoms with Crippen molar-refractivity contribution in [2.24, 2.45) is 17.1 Å². The Labute approximate surface area is 115 Å². The highest BCUT2D eigenvalue weighted by molar-refractivity contribution is 5.43. The van der Waals surface area contributed by atoms with Crippen molar-refractivity contribution in [2.75, 3.05) is 18.5 Å². The Morgan fingerprint density at radius 1 is 1.32 bits per heavy atom. The van der Waals surface area contributed by atoms with E-state index in [9.17, 15) is 0 Å². The van der Waals surface area contributed by atoms with E-state index >= 15 is 0 Å². The predicted octanol–water partition coefficient (Wildman–Crippen LogP) is 2.63. The van der Waals surface area contributed by atoms with E-state index in [0.29, 0.717) is 12.0 Å². The third kappa shape index (κ3) is 1.87. The zero-order valence-corrected chi connectivity index (χ0v) is 11.9. The van der Waals surface area contributed by atoms with E-state index in [1.807, 2.05) is 18.2 Å². The van der Waals surface area contributed by atoms with Gasteiger partial charge >= 0.3 is 0 Å². The lowest BCUT2D eigenvalue weighted by Crippen LogP contribution is -2.79. The number of fused-ring (bicyclic) bond motifs is 1. The summed E-state index contributed by atoms with van der Waals surface area (Å²) in [4.78, 5) is 0. The molecule has 1 saturated heterocycles. The fourth-order valence-electron chi connectivity index (χ4n) is 3.83. The fraction of sp³-hybridized carbons (Fsp3) is 0.625. The Bertz CT molecular complexity index is 445. The highest BCUT2D eigenvalue weighted by atomic mass is 16.5. The number of rotatable bonds is 3. The molecule has 0 radical (unpaired) electrons. The topological polar surface area (TPSA) is 47.3 Å². The molecule has 3 atom stereocenters. The predicted molar refractivity (Wildman–Crippen MR) is 78.1 cm³/mol. The lowest BCUT2D eigenvalue weighted by Gasteiger charge is -2.66. The van der Waals surface area contributed by atoms with Crippen LogP contribution in [0.4, 0.5) is 5.69 Å². The molecule has 0 spiro atoms. The molecule has 1 aromatic carbocycles. The maximum Gasteiger partial charge on any atom is 0.0690 e. The summed E-state index contributed by atoms with van der Waals surface area (Å²) in [6, 6.07) is 10.3. The van der Waals surface area contributed by atoms with Gasteiger partial charge in [0.2, 0.25) is 0 Å². The average Bonchev–Trinajstić information content (AvgIpc) is 2.46. The number of hydrogen-bond donors (Lipinski definition) is 2. The van der Waals surface area contributed by atoms with E-state index in [4.69, 9.17) is 10.5 Å². The van der Waals surface area contributed by atoms with Crippen molar-refractivity contribution < 1.29 is 4.74 Å². The second kappa shape index (κ2) is 4.50. The summed E-state index contributed by atoms with van der Waals surface area (Å²) in [7, 11) is 0. The lowest BCUT2D eigenvalue weighted by atomic mass is 9.46. The maximum atomic E-state index is 6.74. The summed E-state index contributed by atoms with van der Waals surface area (Å²) in [6.45, 7) is 6.19. The minimum absolute atomic E-state index is 0.0415. The Balaban J connectivity index is 1.72. The number of hydrogen-bond acceptors (Lipinski definition) is 3. The first-order chi connectivity index (χ1) is 9.06. The highest BCUT2D eigenvalue weighted by Gasteiger charge is 2.66. The molecular weight excluding hydrogens is 236 g/mol. The number of nitrogens with one attached hydrogen (secondary N) is 1. The molecule has 0 amide bonds. The molecule has 0 aromatic heterocycles. The monoisotopic (exact) mass is 260 g/mol. The van der Waals surface area contributed by atoms with Crippen LogP contribution in [0.1, 0.15) is 26.7 Å². The molecule has 19 heavy (non-hydrogen) atoms. The Hall–Kier alpha value is -1.06. The van der Waals surface area contributed by atoms with Crippen LogP contribution in [-0.4, -0.2) is 24.8 Å². The van der Waals surface area contributed by atoms with E-state index < -0.39 is 0 Å². The van der Waals surface area contributed by atoms with Gasteiger partial charge in [-0.2, -0.15) is 0 Å². The third-order valence-corrected chi connectivity index (χ3v) is 5.25. The van der Waals surface area contributed by atoms with Crippen LogP contribution in [0.3, 0.4) is 0 Å². The first kappa shape index (κ1) is 12.9. The molecule has 2 aliphatic rings. The van der Waals surface area contributed by atoms with Crippen molar-refractivity contribution in [1.82, 2.24) is 0 Å². The maximum absolute atomic E-state index is 6.74. The molecule has 3 unspecified atom stereocenters. The molecule has 1 aliphatic carbocycles. The molecule has 1 heterocycles. The minimum Gasteiger partial charge on any atom is -0.383 e. The van der Waals surface area contributed by atoms with Crippen molar-refractivity contribution in [3.63, 3.8) is 0 Å². The molecular formula is C16H24N2O. The average molecular weight is 260 g/mol. The fourth-order valence-corrected chi connectivity index (χ4v) is 3.83. The van der Waals surface area contributed by atoms with Crippen LogP contribution in [0.25, 0.3) is 0 Å². The number of benzene rings is 1. The minimum atomic E-state index is -0.173. The molecule has 1 saturated carbocycles. The van der Waals surface area contributed by atoms with Gasteiger partial charge < -0.3 is 15.8 Å². The number of anilines is 1. The van der Waals surface area contributed by atoms with Gasteiger partial charge in [0.15, 0.2) is 0 Å². The lowest BCUT2D eigenvalue weighted by molar-refractivity contribution is -0.222. The van der Waals surface area contributed by atoms with E-state index in [0.717, 1.165) is 25.3 Å². The number of nitrogens with two attached hydrogens (primary N) is 1. The van der Waals surface area contributed by atoms with Crippen LogP contribution in [0.15, 0.2) is 30.3 Å². The largest absolute Gasteiger partial charge is 0.383 e. The second-order valence-corrected chi connectivity index (χ2v) is 6.52. The van der Waals surface area contributed by atoms with Gasteiger partial charge in [0.1, 0.15) is 0 Å². The van der Waals surface area contributed by atoms with Gasteiger partial charge in [0.25, 0.3) is 0 Å². The smallest absolute Gasteiger partial charge is 0.0690 e. The zero-order chi connectivity index (χ0) is 13.5. The van der Waals surface area contributed by atoms with Crippen LogP contribution in [0, 0.1) is 11.3 Å². The van der Waals surface area contributed by atoms with Gasteiger partial charge in [-0.1, -0.05) is 32.0 Å². The standard InChI is InChI=1S/C16H24N2O/c1-15(2)14-13(9-6-10-19-14)16(15,17)11-18-12-7-4-3-5-8-12/h3-5,7-8,13-14,18H,6,9-11,17H2,1-2H3. The SMILES string of the molecule is CC1(C)C2OCCCC2C1(N)CNc1ccccc1. The van der Waals surface area contributed by atoms with Crippen molar-refractivity contribution in [3.05, 3.63) is 30.3 Å². The van der Waals surface area contributed by atoms with Gasteiger partial charge in [-0.15, -0.1) is 0 Å². The Morgan fingerprint density at radius 3 is 2.79 bits per heavy atom. The molecule has 1 aliphatic heterocycles. The first-order valence-electron chi connectivity index (χ1n) is 7.25. The van der Waals surface area contributed by atoms with E-state index in [2.05, 4.69) is 31.3 Å². The van der Waals surface area contributed by atoms with Gasteiger partial charge in [-0.25, -0.2) is 0 Å². The van der Waals surface area contributed by atoms with Crippen molar-refractivity contribution in [2.45, 2.75) is 38.3 Å². The summed E-state index contributed by atoms with van der Waals surface area (Å²) >= 11 is 0. The van der Waals surface area contributed by atoms with Crippen LogP contribution in [0.5, 0.6) is 0 Å². The van der Waals surface area contributed by atoms with Crippen LogP contribution in [-0.2, 0) is 4.74 Å². The summed E-state index contributed by atoms with van der Waals surface area (Å²) < 4.78 is 5.93. The molecule has 1 aromatic rings. The molecule has 3 rings (SSSR count). The van der Waals surface area contributed by atoms with Crippen molar-refractivity contribution in [3.8, 4) is 0 Å².